The van der Waals surface area contributed by atoms with Gasteiger partial charge in [0.1, 0.15) is 17.6 Å². The van der Waals surface area contributed by atoms with Gasteiger partial charge in [-0.05, 0) is 38.5 Å². The smallest absolute Gasteiger partial charge is 0.226 e. The standard InChI is InChI=1S/C18H19N3O2/c1-18(2,3)21-10-12(9-19)16-14(8-15(23)20-17(16)21)11-4-6-13(22)7-5-11/h4-7,10,14,22H,8H2,1-3H3,(H,20,23)/t14-/m0/s1. The van der Waals surface area contributed by atoms with E-state index >= 15 is 0 Å². The highest BCUT2D eigenvalue weighted by Gasteiger charge is 2.34. The molecule has 0 saturated carbocycles. The maximum atomic E-state index is 12.2. The lowest BCUT2D eigenvalue weighted by atomic mass is 9.85. The SMILES string of the molecule is CC(C)(C)n1cc(C#N)c2c1NC(=O)C[C@H]2c1ccc(O)cc1. The molecule has 118 valence electrons. The number of hydrogen-bond acceptors (Lipinski definition) is 3. The zero-order chi connectivity index (χ0) is 16.8. The van der Waals surface area contributed by atoms with Gasteiger partial charge in [0.05, 0.1) is 5.56 Å². The number of benzene rings is 1. The van der Waals surface area contributed by atoms with Gasteiger partial charge in [0.15, 0.2) is 0 Å². The van der Waals surface area contributed by atoms with Crippen molar-refractivity contribution in [3.63, 3.8) is 0 Å². The van der Waals surface area contributed by atoms with Crippen molar-refractivity contribution in [2.45, 2.75) is 38.6 Å². The normalized spacial score (nSPS) is 17.3. The van der Waals surface area contributed by atoms with E-state index in [4.69, 9.17) is 0 Å². The van der Waals surface area contributed by atoms with Gasteiger partial charge in [0.2, 0.25) is 5.91 Å². The molecule has 0 spiro atoms. The Morgan fingerprint density at radius 3 is 2.52 bits per heavy atom. The summed E-state index contributed by atoms with van der Waals surface area (Å²) in [5.74, 6) is 0.631. The van der Waals surface area contributed by atoms with Crippen molar-refractivity contribution in [1.29, 1.82) is 5.26 Å². The summed E-state index contributed by atoms with van der Waals surface area (Å²) in [5, 5.41) is 21.9. The van der Waals surface area contributed by atoms with Gasteiger partial charge in [-0.25, -0.2) is 0 Å². The van der Waals surface area contributed by atoms with Gasteiger partial charge in [-0.15, -0.1) is 0 Å². The van der Waals surface area contributed by atoms with Gasteiger partial charge in [-0.3, -0.25) is 4.79 Å². The number of phenols is 1. The molecule has 0 saturated heterocycles. The number of nitriles is 1. The molecule has 1 aliphatic heterocycles. The number of fused-ring (bicyclic) bond motifs is 1. The number of nitrogens with zero attached hydrogens (tertiary/aromatic N) is 2. The van der Waals surface area contributed by atoms with Crippen LogP contribution in [0.15, 0.2) is 30.5 Å². The minimum absolute atomic E-state index is 0.0661. The van der Waals surface area contributed by atoms with Gasteiger partial charge in [0, 0.05) is 29.6 Å². The molecule has 2 aromatic rings. The Morgan fingerprint density at radius 2 is 1.96 bits per heavy atom. The number of hydrogen-bond donors (Lipinski definition) is 2. The number of carbonyl (C=O) groups excluding carboxylic acids is 1. The highest BCUT2D eigenvalue weighted by atomic mass is 16.3. The molecule has 0 radical (unpaired) electrons. The Balaban J connectivity index is 2.21. The number of rotatable bonds is 1. The van der Waals surface area contributed by atoms with Crippen LogP contribution in [0.25, 0.3) is 0 Å². The average Bonchev–Trinajstić information content (AvgIpc) is 2.85. The van der Waals surface area contributed by atoms with Crippen LogP contribution in [-0.4, -0.2) is 15.6 Å². The highest BCUT2D eigenvalue weighted by molar-refractivity contribution is 5.95. The third-order valence-electron chi connectivity index (χ3n) is 4.18. The number of aromatic nitrogens is 1. The number of amides is 1. The van der Waals surface area contributed by atoms with Crippen LogP contribution >= 0.6 is 0 Å². The average molecular weight is 309 g/mol. The molecular weight excluding hydrogens is 290 g/mol. The zero-order valence-corrected chi connectivity index (χ0v) is 13.4. The Morgan fingerprint density at radius 1 is 1.30 bits per heavy atom. The molecule has 1 atom stereocenters. The predicted molar refractivity (Wildman–Crippen MR) is 87.3 cm³/mol. The van der Waals surface area contributed by atoms with E-state index in [-0.39, 0.29) is 23.1 Å². The molecule has 3 rings (SSSR count). The summed E-state index contributed by atoms with van der Waals surface area (Å²) < 4.78 is 1.95. The van der Waals surface area contributed by atoms with Gasteiger partial charge < -0.3 is 15.0 Å². The largest absolute Gasteiger partial charge is 0.508 e. The lowest BCUT2D eigenvalue weighted by Gasteiger charge is -2.29. The molecule has 1 aromatic carbocycles. The molecule has 5 heteroatoms. The van der Waals surface area contributed by atoms with Crippen LogP contribution in [-0.2, 0) is 10.3 Å². The predicted octanol–water partition coefficient (Wildman–Crippen LogP) is 3.29. The van der Waals surface area contributed by atoms with E-state index in [1.807, 2.05) is 31.5 Å². The van der Waals surface area contributed by atoms with Crippen molar-refractivity contribution in [2.75, 3.05) is 5.32 Å². The van der Waals surface area contributed by atoms with E-state index in [0.29, 0.717) is 17.8 Å². The van der Waals surface area contributed by atoms with Gasteiger partial charge in [-0.2, -0.15) is 5.26 Å². The highest BCUT2D eigenvalue weighted by Crippen LogP contribution is 2.42. The van der Waals surface area contributed by atoms with E-state index in [2.05, 4.69) is 11.4 Å². The van der Waals surface area contributed by atoms with Crippen LogP contribution in [0.1, 0.15) is 49.8 Å². The molecule has 0 fully saturated rings. The molecule has 1 aliphatic rings. The first-order chi connectivity index (χ1) is 10.8. The van der Waals surface area contributed by atoms with Crippen LogP contribution in [0.2, 0.25) is 0 Å². The second kappa shape index (κ2) is 5.17. The Kier molecular flexibility index (Phi) is 3.41. The van der Waals surface area contributed by atoms with Crippen molar-refractivity contribution in [3.8, 4) is 11.8 Å². The van der Waals surface area contributed by atoms with Crippen molar-refractivity contribution in [3.05, 3.63) is 47.2 Å². The quantitative estimate of drug-likeness (QED) is 0.848. The molecular formula is C18H19N3O2. The number of carbonyl (C=O) groups is 1. The summed E-state index contributed by atoms with van der Waals surface area (Å²) in [7, 11) is 0. The lowest BCUT2D eigenvalue weighted by molar-refractivity contribution is -0.116. The second-order valence-corrected chi connectivity index (χ2v) is 6.85. The fourth-order valence-electron chi connectivity index (χ4n) is 3.08. The summed E-state index contributed by atoms with van der Waals surface area (Å²) >= 11 is 0. The van der Waals surface area contributed by atoms with E-state index in [1.54, 1.807) is 24.3 Å². The van der Waals surface area contributed by atoms with E-state index in [9.17, 15) is 15.2 Å². The molecule has 2 N–H and O–H groups in total. The first-order valence-corrected chi connectivity index (χ1v) is 7.56. The summed E-state index contributed by atoms with van der Waals surface area (Å²) in [6.07, 6.45) is 2.10. The number of anilines is 1. The van der Waals surface area contributed by atoms with E-state index in [1.165, 1.54) is 0 Å². The zero-order valence-electron chi connectivity index (χ0n) is 13.4. The summed E-state index contributed by atoms with van der Waals surface area (Å²) in [6.45, 7) is 6.10. The summed E-state index contributed by atoms with van der Waals surface area (Å²) in [5.41, 5.74) is 2.10. The molecule has 0 unspecified atom stereocenters. The van der Waals surface area contributed by atoms with E-state index in [0.717, 1.165) is 11.1 Å². The van der Waals surface area contributed by atoms with Gasteiger partial charge >= 0.3 is 0 Å². The van der Waals surface area contributed by atoms with Crippen molar-refractivity contribution >= 4 is 11.7 Å². The number of nitrogens with one attached hydrogen (secondary N) is 1. The third kappa shape index (κ3) is 2.57. The Bertz CT molecular complexity index is 805. The Labute approximate surface area is 135 Å². The summed E-state index contributed by atoms with van der Waals surface area (Å²) in [6, 6.07) is 9.07. The van der Waals surface area contributed by atoms with Crippen LogP contribution < -0.4 is 5.32 Å². The van der Waals surface area contributed by atoms with Crippen LogP contribution in [0.3, 0.4) is 0 Å². The third-order valence-corrected chi connectivity index (χ3v) is 4.18. The van der Waals surface area contributed by atoms with Crippen molar-refractivity contribution in [1.82, 2.24) is 4.57 Å². The molecule has 1 aromatic heterocycles. The second-order valence-electron chi connectivity index (χ2n) is 6.85. The minimum atomic E-state index is -0.247. The van der Waals surface area contributed by atoms with Gasteiger partial charge in [0.25, 0.3) is 0 Å². The molecule has 2 heterocycles. The first kappa shape index (κ1) is 15.2. The van der Waals surface area contributed by atoms with Crippen molar-refractivity contribution in [2.24, 2.45) is 0 Å². The first-order valence-electron chi connectivity index (χ1n) is 7.56. The molecule has 23 heavy (non-hydrogen) atoms. The van der Waals surface area contributed by atoms with Crippen LogP contribution in [0.5, 0.6) is 5.75 Å². The minimum Gasteiger partial charge on any atom is -0.508 e. The van der Waals surface area contributed by atoms with Crippen LogP contribution in [0.4, 0.5) is 5.82 Å². The van der Waals surface area contributed by atoms with Crippen molar-refractivity contribution < 1.29 is 9.90 Å². The lowest BCUT2D eigenvalue weighted by Crippen LogP contribution is -2.29. The van der Waals surface area contributed by atoms with Gasteiger partial charge in [-0.1, -0.05) is 12.1 Å². The summed E-state index contributed by atoms with van der Waals surface area (Å²) in [4.78, 5) is 12.2. The topological polar surface area (TPSA) is 78.0 Å². The fraction of sp³-hybridized carbons (Fsp3) is 0.333. The maximum Gasteiger partial charge on any atom is 0.226 e. The monoisotopic (exact) mass is 309 g/mol. The molecule has 1 amide bonds. The number of phenolic OH excluding ortho intramolecular Hbond substituents is 1. The number of aromatic hydroxyl groups is 1. The molecule has 0 bridgehead atoms. The van der Waals surface area contributed by atoms with E-state index < -0.39 is 0 Å². The molecule has 0 aliphatic carbocycles. The fourth-order valence-corrected chi connectivity index (χ4v) is 3.08. The van der Waals surface area contributed by atoms with Crippen LogP contribution in [0, 0.1) is 11.3 Å². The maximum absolute atomic E-state index is 12.2. The Hall–Kier alpha value is -2.74. The molecule has 5 nitrogen and oxygen atoms in total.